The molecule has 0 bridgehead atoms. The number of nitrogens with one attached hydrogen (secondary N) is 2. The summed E-state index contributed by atoms with van der Waals surface area (Å²) in [6.45, 7) is 6.04. The molecule has 0 aliphatic carbocycles. The van der Waals surface area contributed by atoms with Crippen molar-refractivity contribution in [2.45, 2.75) is 50.9 Å². The molecule has 1 aromatic rings. The van der Waals surface area contributed by atoms with Crippen molar-refractivity contribution in [1.29, 1.82) is 0 Å². The molecule has 26 heavy (non-hydrogen) atoms. The van der Waals surface area contributed by atoms with Crippen LogP contribution in [0.1, 0.15) is 32.5 Å². The fourth-order valence-electron chi connectivity index (χ4n) is 2.95. The maximum atomic E-state index is 11.5. The second kappa shape index (κ2) is 9.59. The highest BCUT2D eigenvalue weighted by Gasteiger charge is 2.28. The summed E-state index contributed by atoms with van der Waals surface area (Å²) in [7, 11) is -1.19. The Labute approximate surface area is 160 Å². The largest absolute Gasteiger partial charge is 0.356 e. The van der Waals surface area contributed by atoms with Crippen molar-refractivity contribution in [2.24, 2.45) is 10.9 Å². The van der Waals surface area contributed by atoms with Crippen molar-refractivity contribution in [2.75, 3.05) is 31.4 Å². The van der Waals surface area contributed by atoms with Crippen LogP contribution in [0.5, 0.6) is 0 Å². The summed E-state index contributed by atoms with van der Waals surface area (Å²) < 4.78 is 25.3. The third kappa shape index (κ3) is 6.15. The summed E-state index contributed by atoms with van der Waals surface area (Å²) in [5, 5.41) is 16.0. The molecule has 0 radical (unpaired) electrons. The number of aryl methyl sites for hydroxylation is 1. The quantitative estimate of drug-likeness (QED) is 0.289. The first-order chi connectivity index (χ1) is 12.3. The SMILES string of the molecule is CN=C(NCCCc1nnc(SC)n1CC(C)C)NC1CCS(=O)(=O)C1. The summed E-state index contributed by atoms with van der Waals surface area (Å²) in [6, 6.07) is -0.0514. The summed E-state index contributed by atoms with van der Waals surface area (Å²) in [4.78, 5) is 4.18. The Hall–Kier alpha value is -1.29. The van der Waals surface area contributed by atoms with Crippen molar-refractivity contribution in [3.63, 3.8) is 0 Å². The lowest BCUT2D eigenvalue weighted by molar-refractivity contribution is 0.477. The zero-order valence-corrected chi connectivity index (χ0v) is 17.7. The van der Waals surface area contributed by atoms with E-state index in [9.17, 15) is 8.42 Å². The Bertz CT molecular complexity index is 714. The van der Waals surface area contributed by atoms with Crippen LogP contribution in [0.25, 0.3) is 0 Å². The van der Waals surface area contributed by atoms with Crippen LogP contribution in [0, 0.1) is 5.92 Å². The zero-order chi connectivity index (χ0) is 19.2. The smallest absolute Gasteiger partial charge is 0.191 e. The molecular formula is C16H30N6O2S2. The van der Waals surface area contributed by atoms with Gasteiger partial charge < -0.3 is 15.2 Å². The van der Waals surface area contributed by atoms with E-state index in [-0.39, 0.29) is 17.5 Å². The third-order valence-corrected chi connectivity index (χ3v) is 6.63. The molecule has 1 fully saturated rings. The second-order valence-corrected chi connectivity index (χ2v) is 9.96. The van der Waals surface area contributed by atoms with E-state index in [4.69, 9.17) is 0 Å². The highest BCUT2D eigenvalue weighted by atomic mass is 32.2. The van der Waals surface area contributed by atoms with E-state index in [0.717, 1.165) is 36.9 Å². The Kier molecular flexibility index (Phi) is 7.75. The van der Waals surface area contributed by atoms with Gasteiger partial charge in [0, 0.05) is 32.6 Å². The normalized spacial score (nSPS) is 19.9. The first-order valence-corrected chi connectivity index (χ1v) is 12.0. The van der Waals surface area contributed by atoms with Crippen LogP contribution in [0.15, 0.2) is 10.1 Å². The van der Waals surface area contributed by atoms with Gasteiger partial charge in [-0.05, 0) is 25.0 Å². The highest BCUT2D eigenvalue weighted by molar-refractivity contribution is 7.98. The fourth-order valence-corrected chi connectivity index (χ4v) is 5.15. The zero-order valence-electron chi connectivity index (χ0n) is 16.0. The molecule has 0 spiro atoms. The van der Waals surface area contributed by atoms with E-state index < -0.39 is 9.84 Å². The fraction of sp³-hybridized carbons (Fsp3) is 0.812. The molecule has 1 atom stereocenters. The van der Waals surface area contributed by atoms with Gasteiger partial charge in [0.1, 0.15) is 5.82 Å². The molecule has 148 valence electrons. The van der Waals surface area contributed by atoms with Crippen molar-refractivity contribution in [1.82, 2.24) is 25.4 Å². The molecule has 2 heterocycles. The van der Waals surface area contributed by atoms with Crippen molar-refractivity contribution < 1.29 is 8.42 Å². The number of aromatic nitrogens is 3. The number of nitrogens with zero attached hydrogens (tertiary/aromatic N) is 4. The first kappa shape index (κ1) is 21.0. The average molecular weight is 403 g/mol. The number of aliphatic imine (C=N–C) groups is 1. The minimum Gasteiger partial charge on any atom is -0.356 e. The van der Waals surface area contributed by atoms with E-state index in [0.29, 0.717) is 18.3 Å². The second-order valence-electron chi connectivity index (χ2n) is 6.95. The topological polar surface area (TPSA) is 101 Å². The Morgan fingerprint density at radius 3 is 2.77 bits per heavy atom. The summed E-state index contributed by atoms with van der Waals surface area (Å²) in [5.41, 5.74) is 0. The maximum Gasteiger partial charge on any atom is 0.191 e. The van der Waals surface area contributed by atoms with Crippen LogP contribution >= 0.6 is 11.8 Å². The van der Waals surface area contributed by atoms with Gasteiger partial charge in [-0.3, -0.25) is 4.99 Å². The molecule has 1 aliphatic heterocycles. The van der Waals surface area contributed by atoms with Crippen molar-refractivity contribution >= 4 is 27.6 Å². The molecule has 0 aromatic carbocycles. The lowest BCUT2D eigenvalue weighted by Crippen LogP contribution is -2.44. The predicted molar refractivity (Wildman–Crippen MR) is 107 cm³/mol. The van der Waals surface area contributed by atoms with E-state index in [1.54, 1.807) is 18.8 Å². The molecule has 2 rings (SSSR count). The number of rotatable bonds is 8. The minimum atomic E-state index is -2.89. The number of thioether (sulfide) groups is 1. The van der Waals surface area contributed by atoms with E-state index in [2.05, 4.69) is 44.2 Å². The summed E-state index contributed by atoms with van der Waals surface area (Å²) >= 11 is 1.62. The minimum absolute atomic E-state index is 0.0514. The monoisotopic (exact) mass is 402 g/mol. The average Bonchev–Trinajstić information content (AvgIpc) is 3.12. The standard InChI is InChI=1S/C16H30N6O2S2/c1-12(2)10-22-14(20-21-16(22)25-4)6-5-8-18-15(17-3)19-13-7-9-26(23,24)11-13/h12-13H,5-11H2,1-4H3,(H2,17,18,19). The first-order valence-electron chi connectivity index (χ1n) is 8.98. The molecule has 1 aliphatic rings. The molecule has 0 amide bonds. The number of guanidine groups is 1. The molecule has 10 heteroatoms. The van der Waals surface area contributed by atoms with Crippen molar-refractivity contribution in [3.8, 4) is 0 Å². The van der Waals surface area contributed by atoms with Crippen LogP contribution in [-0.2, 0) is 22.8 Å². The lowest BCUT2D eigenvalue weighted by atomic mass is 10.2. The Balaban J connectivity index is 1.80. The van der Waals surface area contributed by atoms with Crippen LogP contribution in [0.4, 0.5) is 0 Å². The summed E-state index contributed by atoms with van der Waals surface area (Å²) in [5.74, 6) is 2.64. The molecule has 1 unspecified atom stereocenters. The van der Waals surface area contributed by atoms with Gasteiger partial charge in [-0.15, -0.1) is 10.2 Å². The van der Waals surface area contributed by atoms with Crippen molar-refractivity contribution in [3.05, 3.63) is 5.82 Å². The Morgan fingerprint density at radius 2 is 2.19 bits per heavy atom. The molecule has 1 saturated heterocycles. The van der Waals surface area contributed by atoms with Gasteiger partial charge in [-0.25, -0.2) is 8.42 Å². The van der Waals surface area contributed by atoms with E-state index in [1.807, 2.05) is 6.26 Å². The molecule has 1 aromatic heterocycles. The number of hydrogen-bond donors (Lipinski definition) is 2. The molecular weight excluding hydrogens is 372 g/mol. The van der Waals surface area contributed by atoms with Gasteiger partial charge in [0.25, 0.3) is 0 Å². The van der Waals surface area contributed by atoms with Gasteiger partial charge in [0.05, 0.1) is 11.5 Å². The summed E-state index contributed by atoms with van der Waals surface area (Å²) in [6.07, 6.45) is 4.39. The molecule has 2 N–H and O–H groups in total. The van der Waals surface area contributed by atoms with Gasteiger partial charge in [-0.2, -0.15) is 0 Å². The van der Waals surface area contributed by atoms with Crippen LogP contribution in [0.2, 0.25) is 0 Å². The van der Waals surface area contributed by atoms with E-state index >= 15 is 0 Å². The Morgan fingerprint density at radius 1 is 1.42 bits per heavy atom. The van der Waals surface area contributed by atoms with Crippen LogP contribution in [-0.4, -0.2) is 66.5 Å². The van der Waals surface area contributed by atoms with E-state index in [1.165, 1.54) is 0 Å². The molecule has 8 nitrogen and oxygen atoms in total. The van der Waals surface area contributed by atoms with Crippen LogP contribution in [0.3, 0.4) is 0 Å². The third-order valence-electron chi connectivity index (χ3n) is 4.19. The highest BCUT2D eigenvalue weighted by Crippen LogP contribution is 2.16. The van der Waals surface area contributed by atoms with Crippen LogP contribution < -0.4 is 10.6 Å². The van der Waals surface area contributed by atoms with Gasteiger partial charge in [0.2, 0.25) is 0 Å². The predicted octanol–water partition coefficient (Wildman–Crippen LogP) is 0.941. The van der Waals surface area contributed by atoms with Gasteiger partial charge in [-0.1, -0.05) is 25.6 Å². The maximum absolute atomic E-state index is 11.5. The number of sulfone groups is 1. The number of hydrogen-bond acceptors (Lipinski definition) is 6. The lowest BCUT2D eigenvalue weighted by Gasteiger charge is -2.16. The van der Waals surface area contributed by atoms with Gasteiger partial charge >= 0.3 is 0 Å². The molecule has 0 saturated carbocycles. The van der Waals surface area contributed by atoms with Gasteiger partial charge in [0.15, 0.2) is 21.0 Å².